The zero-order valence-electron chi connectivity index (χ0n) is 15.3. The van der Waals surface area contributed by atoms with Crippen molar-refractivity contribution in [1.82, 2.24) is 19.6 Å². The molecule has 1 N–H and O–H groups in total. The van der Waals surface area contributed by atoms with Gasteiger partial charge in [0.05, 0.1) is 5.25 Å². The molecule has 2 aromatic carbocycles. The molecule has 1 atom stereocenters. The normalized spacial score (nSPS) is 12.4. The van der Waals surface area contributed by atoms with Gasteiger partial charge in [0.2, 0.25) is 11.1 Å². The second-order valence-electron chi connectivity index (χ2n) is 6.46. The van der Waals surface area contributed by atoms with Crippen LogP contribution in [0.3, 0.4) is 0 Å². The summed E-state index contributed by atoms with van der Waals surface area (Å²) in [4.78, 5) is 21.4. The first-order valence-electron chi connectivity index (χ1n) is 8.67. The highest BCUT2D eigenvalue weighted by atomic mass is 32.2. The molecule has 2 aromatic heterocycles. The molecule has 7 heteroatoms. The molecule has 1 amide bonds. The Kier molecular flexibility index (Phi) is 4.53. The van der Waals surface area contributed by atoms with Crippen LogP contribution in [0.5, 0.6) is 0 Å². The number of hydrogen-bond acceptors (Lipinski definition) is 5. The van der Waals surface area contributed by atoms with Gasteiger partial charge in [-0.25, -0.2) is 9.50 Å². The molecule has 4 rings (SSSR count). The highest BCUT2D eigenvalue weighted by Gasteiger charge is 2.18. The van der Waals surface area contributed by atoms with Crippen LogP contribution in [0.2, 0.25) is 0 Å². The Bertz CT molecular complexity index is 1150. The smallest absolute Gasteiger partial charge is 0.253 e. The topological polar surface area (TPSA) is 72.2 Å². The van der Waals surface area contributed by atoms with Gasteiger partial charge in [0, 0.05) is 17.1 Å². The van der Waals surface area contributed by atoms with Gasteiger partial charge in [-0.15, -0.1) is 5.10 Å². The first kappa shape index (κ1) is 17.5. The maximum Gasteiger partial charge on any atom is 0.253 e. The van der Waals surface area contributed by atoms with Crippen molar-refractivity contribution in [2.24, 2.45) is 0 Å². The van der Waals surface area contributed by atoms with E-state index in [0.717, 1.165) is 27.8 Å². The third-order valence-electron chi connectivity index (χ3n) is 4.27. The molecule has 0 radical (unpaired) electrons. The van der Waals surface area contributed by atoms with Crippen LogP contribution in [0.25, 0.3) is 16.6 Å². The maximum absolute atomic E-state index is 12.6. The van der Waals surface area contributed by atoms with Crippen LogP contribution in [-0.2, 0) is 4.79 Å². The van der Waals surface area contributed by atoms with E-state index in [-0.39, 0.29) is 11.2 Å². The van der Waals surface area contributed by atoms with Gasteiger partial charge in [0.25, 0.3) is 5.78 Å². The number of thioether (sulfide) groups is 1. The third kappa shape index (κ3) is 3.64. The summed E-state index contributed by atoms with van der Waals surface area (Å²) in [5, 5.41) is 9.86. The molecule has 27 heavy (non-hydrogen) atoms. The van der Waals surface area contributed by atoms with Crippen molar-refractivity contribution in [3.8, 4) is 0 Å². The predicted octanol–water partition coefficient (Wildman–Crippen LogP) is 4.01. The van der Waals surface area contributed by atoms with Crippen molar-refractivity contribution >= 4 is 39.9 Å². The summed E-state index contributed by atoms with van der Waals surface area (Å²) in [7, 11) is 0. The van der Waals surface area contributed by atoms with Crippen LogP contribution in [0.1, 0.15) is 18.3 Å². The Morgan fingerprint density at radius 2 is 1.85 bits per heavy atom. The lowest BCUT2D eigenvalue weighted by Crippen LogP contribution is -2.22. The summed E-state index contributed by atoms with van der Waals surface area (Å²) < 4.78 is 1.70. The van der Waals surface area contributed by atoms with E-state index in [4.69, 9.17) is 0 Å². The lowest BCUT2D eigenvalue weighted by Gasteiger charge is -2.10. The molecular formula is C20H19N5OS. The summed E-state index contributed by atoms with van der Waals surface area (Å²) in [6, 6.07) is 15.9. The molecule has 1 unspecified atom stereocenters. The Morgan fingerprint density at radius 1 is 1.07 bits per heavy atom. The molecule has 136 valence electrons. The number of rotatable bonds is 4. The highest BCUT2D eigenvalue weighted by molar-refractivity contribution is 8.00. The molecule has 0 saturated carbocycles. The van der Waals surface area contributed by atoms with Gasteiger partial charge in [0.15, 0.2) is 0 Å². The number of nitrogens with zero attached hydrogens (tertiary/aromatic N) is 4. The van der Waals surface area contributed by atoms with Gasteiger partial charge < -0.3 is 5.32 Å². The van der Waals surface area contributed by atoms with Crippen LogP contribution >= 0.6 is 11.8 Å². The minimum Gasteiger partial charge on any atom is -0.325 e. The van der Waals surface area contributed by atoms with Crippen LogP contribution < -0.4 is 5.32 Å². The summed E-state index contributed by atoms with van der Waals surface area (Å²) in [6.07, 6.45) is 0. The molecule has 0 spiro atoms. The molecule has 0 aliphatic carbocycles. The van der Waals surface area contributed by atoms with Crippen molar-refractivity contribution in [3.63, 3.8) is 0 Å². The molecule has 0 aliphatic rings. The standard InChI is InChI=1S/C20H19N5OS/c1-12-10-13(2)25-19(21-12)23-20(24-25)27-14(3)18(26)22-17-9-8-15-6-4-5-7-16(15)11-17/h4-11,14H,1-3H3,(H,22,26). The van der Waals surface area contributed by atoms with Crippen LogP contribution in [-0.4, -0.2) is 30.7 Å². The average molecular weight is 377 g/mol. The summed E-state index contributed by atoms with van der Waals surface area (Å²) in [6.45, 7) is 5.73. The van der Waals surface area contributed by atoms with E-state index in [2.05, 4.69) is 20.4 Å². The van der Waals surface area contributed by atoms with E-state index in [1.54, 1.807) is 4.52 Å². The number of fused-ring (bicyclic) bond motifs is 2. The number of carbonyl (C=O) groups is 1. The lowest BCUT2D eigenvalue weighted by atomic mass is 10.1. The first-order valence-corrected chi connectivity index (χ1v) is 9.55. The van der Waals surface area contributed by atoms with E-state index in [9.17, 15) is 4.79 Å². The summed E-state index contributed by atoms with van der Waals surface area (Å²) >= 11 is 1.32. The van der Waals surface area contributed by atoms with E-state index in [1.165, 1.54) is 11.8 Å². The number of aryl methyl sites for hydroxylation is 2. The SMILES string of the molecule is Cc1cc(C)n2nc(SC(C)C(=O)Nc3ccc4ccccc4c3)nc2n1. The quantitative estimate of drug-likeness (QED) is 0.544. The fraction of sp³-hybridized carbons (Fsp3) is 0.200. The fourth-order valence-electron chi connectivity index (χ4n) is 2.92. The number of anilines is 1. The zero-order valence-corrected chi connectivity index (χ0v) is 16.1. The van der Waals surface area contributed by atoms with Crippen molar-refractivity contribution in [2.75, 3.05) is 5.32 Å². The Balaban J connectivity index is 1.49. The molecule has 0 bridgehead atoms. The summed E-state index contributed by atoms with van der Waals surface area (Å²) in [5.41, 5.74) is 2.64. The second-order valence-corrected chi connectivity index (χ2v) is 7.76. The number of aromatic nitrogens is 4. The van der Waals surface area contributed by atoms with Crippen molar-refractivity contribution in [3.05, 3.63) is 59.9 Å². The Morgan fingerprint density at radius 3 is 2.67 bits per heavy atom. The number of benzene rings is 2. The average Bonchev–Trinajstić information content (AvgIpc) is 3.04. The van der Waals surface area contributed by atoms with E-state index < -0.39 is 0 Å². The molecule has 0 fully saturated rings. The Hall–Kier alpha value is -2.93. The lowest BCUT2D eigenvalue weighted by molar-refractivity contribution is -0.115. The van der Waals surface area contributed by atoms with Gasteiger partial charge in [-0.2, -0.15) is 4.98 Å². The van der Waals surface area contributed by atoms with Crippen LogP contribution in [0.4, 0.5) is 5.69 Å². The third-order valence-corrected chi connectivity index (χ3v) is 5.22. The minimum atomic E-state index is -0.338. The molecule has 0 aliphatic heterocycles. The van der Waals surface area contributed by atoms with Crippen molar-refractivity contribution in [2.45, 2.75) is 31.2 Å². The number of hydrogen-bond donors (Lipinski definition) is 1. The monoisotopic (exact) mass is 377 g/mol. The van der Waals surface area contributed by atoms with Crippen LogP contribution in [0.15, 0.2) is 53.7 Å². The Labute approximate surface area is 161 Å². The van der Waals surface area contributed by atoms with E-state index >= 15 is 0 Å². The summed E-state index contributed by atoms with van der Waals surface area (Å²) in [5.74, 6) is 0.465. The molecule has 4 aromatic rings. The second kappa shape index (κ2) is 7.00. The van der Waals surface area contributed by atoms with E-state index in [1.807, 2.05) is 69.3 Å². The first-order chi connectivity index (χ1) is 13.0. The van der Waals surface area contributed by atoms with Crippen molar-refractivity contribution in [1.29, 1.82) is 0 Å². The zero-order chi connectivity index (χ0) is 19.0. The van der Waals surface area contributed by atoms with Crippen molar-refractivity contribution < 1.29 is 4.79 Å². The van der Waals surface area contributed by atoms with Gasteiger partial charge >= 0.3 is 0 Å². The number of nitrogens with one attached hydrogen (secondary N) is 1. The maximum atomic E-state index is 12.6. The minimum absolute atomic E-state index is 0.0880. The van der Waals surface area contributed by atoms with E-state index in [0.29, 0.717) is 10.9 Å². The largest absolute Gasteiger partial charge is 0.325 e. The molecule has 0 saturated heterocycles. The van der Waals surface area contributed by atoms with Gasteiger partial charge in [0.1, 0.15) is 0 Å². The number of amides is 1. The molecular weight excluding hydrogens is 358 g/mol. The van der Waals surface area contributed by atoms with Gasteiger partial charge in [-0.1, -0.05) is 42.1 Å². The van der Waals surface area contributed by atoms with Crippen LogP contribution in [0, 0.1) is 13.8 Å². The predicted molar refractivity (Wildman–Crippen MR) is 108 cm³/mol. The number of carbonyl (C=O) groups excluding carboxylic acids is 1. The fourth-order valence-corrected chi connectivity index (χ4v) is 3.67. The molecule has 6 nitrogen and oxygen atoms in total. The highest BCUT2D eigenvalue weighted by Crippen LogP contribution is 2.23. The van der Waals surface area contributed by atoms with Gasteiger partial charge in [-0.05, 0) is 49.7 Å². The van der Waals surface area contributed by atoms with Gasteiger partial charge in [-0.3, -0.25) is 4.79 Å². The molecule has 2 heterocycles.